The van der Waals surface area contributed by atoms with Crippen LogP contribution in [0.5, 0.6) is 0 Å². The number of nitrogens with zero attached hydrogens (tertiary/aromatic N) is 5. The molecule has 0 spiro atoms. The number of fused-ring (bicyclic) bond motifs is 1. The van der Waals surface area contributed by atoms with Gasteiger partial charge in [-0.25, -0.2) is 9.97 Å². The fourth-order valence-corrected chi connectivity index (χ4v) is 5.53. The van der Waals surface area contributed by atoms with E-state index in [1.165, 1.54) is 17.7 Å². The zero-order valence-corrected chi connectivity index (χ0v) is 21.3. The Labute approximate surface area is 221 Å². The molecule has 2 aromatic carbocycles. The molecule has 3 aromatic heterocycles. The smallest absolute Gasteiger partial charge is 0.165 e. The van der Waals surface area contributed by atoms with E-state index in [2.05, 4.69) is 75.1 Å². The summed E-state index contributed by atoms with van der Waals surface area (Å²) in [5, 5.41) is 0. The van der Waals surface area contributed by atoms with Gasteiger partial charge in [0, 0.05) is 53.5 Å². The Balaban J connectivity index is 1.35. The Morgan fingerprint density at radius 3 is 2.32 bits per heavy atom. The summed E-state index contributed by atoms with van der Waals surface area (Å²) < 4.78 is 7.69. The van der Waals surface area contributed by atoms with Gasteiger partial charge in [-0.2, -0.15) is 0 Å². The SMILES string of the molecule is NC1(c2ccc(-n3c(-c4ccncc4)nc4ccc(-c5cccc(N6CCOCC6)c5)nc43)cc2)CCC1. The molecule has 0 atom stereocenters. The van der Waals surface area contributed by atoms with Crippen LogP contribution in [0.25, 0.3) is 39.5 Å². The van der Waals surface area contributed by atoms with Crippen molar-refractivity contribution in [2.24, 2.45) is 5.73 Å². The van der Waals surface area contributed by atoms with Crippen LogP contribution in [0.2, 0.25) is 0 Å². The molecular weight excluding hydrogens is 472 g/mol. The maximum atomic E-state index is 6.61. The fraction of sp³-hybridized carbons (Fsp3) is 0.258. The lowest BCUT2D eigenvalue weighted by molar-refractivity contribution is 0.122. The highest BCUT2D eigenvalue weighted by atomic mass is 16.5. The summed E-state index contributed by atoms with van der Waals surface area (Å²) in [6, 6.07) is 25.3. The minimum atomic E-state index is -0.194. The summed E-state index contributed by atoms with van der Waals surface area (Å²) in [7, 11) is 0. The van der Waals surface area contributed by atoms with Crippen LogP contribution in [-0.2, 0) is 10.3 Å². The molecule has 7 rings (SSSR count). The topological polar surface area (TPSA) is 82.1 Å². The molecule has 1 aliphatic carbocycles. The third-order valence-corrected chi connectivity index (χ3v) is 7.91. The second kappa shape index (κ2) is 9.35. The van der Waals surface area contributed by atoms with Gasteiger partial charge < -0.3 is 15.4 Å². The third-order valence-electron chi connectivity index (χ3n) is 7.91. The first-order chi connectivity index (χ1) is 18.7. The molecule has 0 amide bonds. The van der Waals surface area contributed by atoms with Crippen molar-refractivity contribution in [1.29, 1.82) is 0 Å². The van der Waals surface area contributed by atoms with Crippen LogP contribution in [0.15, 0.2) is 85.2 Å². The molecular formula is C31H30N6O. The molecule has 1 aliphatic heterocycles. The highest BCUT2D eigenvalue weighted by molar-refractivity contribution is 5.83. The van der Waals surface area contributed by atoms with Crippen LogP contribution >= 0.6 is 0 Å². The number of imidazole rings is 1. The summed E-state index contributed by atoms with van der Waals surface area (Å²) in [5.74, 6) is 0.841. The van der Waals surface area contributed by atoms with Crippen LogP contribution in [0.3, 0.4) is 0 Å². The number of pyridine rings is 2. The Bertz CT molecular complexity index is 1580. The Hall–Kier alpha value is -4.07. The van der Waals surface area contributed by atoms with Gasteiger partial charge in [0.25, 0.3) is 0 Å². The summed E-state index contributed by atoms with van der Waals surface area (Å²) in [6.45, 7) is 3.32. The average Bonchev–Trinajstić information content (AvgIpc) is 3.36. The molecule has 0 unspecified atom stereocenters. The lowest BCUT2D eigenvalue weighted by Crippen LogP contribution is -2.43. The number of ether oxygens (including phenoxy) is 1. The maximum absolute atomic E-state index is 6.61. The number of rotatable bonds is 5. The largest absolute Gasteiger partial charge is 0.378 e. The highest BCUT2D eigenvalue weighted by Gasteiger charge is 2.34. The fourth-order valence-electron chi connectivity index (χ4n) is 5.53. The van der Waals surface area contributed by atoms with E-state index < -0.39 is 0 Å². The molecule has 7 heteroatoms. The van der Waals surface area contributed by atoms with Crippen LogP contribution < -0.4 is 10.6 Å². The van der Waals surface area contributed by atoms with Crippen LogP contribution in [0, 0.1) is 0 Å². The van der Waals surface area contributed by atoms with E-state index in [1.54, 1.807) is 12.4 Å². The molecule has 5 aromatic rings. The number of aromatic nitrogens is 4. The lowest BCUT2D eigenvalue weighted by atomic mass is 9.73. The minimum Gasteiger partial charge on any atom is -0.378 e. The molecule has 1 saturated heterocycles. The van der Waals surface area contributed by atoms with Crippen molar-refractivity contribution in [2.75, 3.05) is 31.2 Å². The van der Waals surface area contributed by atoms with Gasteiger partial charge in [0.1, 0.15) is 11.3 Å². The summed E-state index contributed by atoms with van der Waals surface area (Å²) in [6.07, 6.45) is 6.86. The van der Waals surface area contributed by atoms with Gasteiger partial charge in [0.2, 0.25) is 0 Å². The molecule has 1 saturated carbocycles. The zero-order chi connectivity index (χ0) is 25.5. The molecule has 2 fully saturated rings. The van der Waals surface area contributed by atoms with E-state index in [-0.39, 0.29) is 5.54 Å². The Morgan fingerprint density at radius 2 is 1.58 bits per heavy atom. The summed E-state index contributed by atoms with van der Waals surface area (Å²) in [4.78, 5) is 16.7. The summed E-state index contributed by atoms with van der Waals surface area (Å²) >= 11 is 0. The predicted molar refractivity (Wildman–Crippen MR) is 150 cm³/mol. The first kappa shape index (κ1) is 23.1. The molecule has 0 bridgehead atoms. The average molecular weight is 503 g/mol. The number of nitrogens with two attached hydrogens (primary N) is 1. The van der Waals surface area contributed by atoms with E-state index in [1.807, 2.05) is 12.1 Å². The molecule has 2 aliphatic rings. The number of hydrogen-bond donors (Lipinski definition) is 1. The Morgan fingerprint density at radius 1 is 0.789 bits per heavy atom. The monoisotopic (exact) mass is 502 g/mol. The lowest BCUT2D eigenvalue weighted by Gasteiger charge is -2.38. The Kier molecular flexibility index (Phi) is 5.68. The number of hydrogen-bond acceptors (Lipinski definition) is 6. The van der Waals surface area contributed by atoms with Crippen molar-refractivity contribution in [3.8, 4) is 28.3 Å². The van der Waals surface area contributed by atoms with Crippen molar-refractivity contribution in [3.63, 3.8) is 0 Å². The summed E-state index contributed by atoms with van der Waals surface area (Å²) in [5.41, 5.74) is 14.5. The van der Waals surface area contributed by atoms with E-state index in [9.17, 15) is 0 Å². The van der Waals surface area contributed by atoms with Crippen molar-refractivity contribution >= 4 is 16.9 Å². The normalized spacial score (nSPS) is 16.9. The number of anilines is 1. The predicted octanol–water partition coefficient (Wildman–Crippen LogP) is 5.32. The quantitative estimate of drug-likeness (QED) is 0.350. The van der Waals surface area contributed by atoms with Gasteiger partial charge in [-0.3, -0.25) is 9.55 Å². The van der Waals surface area contributed by atoms with E-state index in [0.29, 0.717) is 0 Å². The van der Waals surface area contributed by atoms with Crippen LogP contribution in [0.1, 0.15) is 24.8 Å². The van der Waals surface area contributed by atoms with E-state index in [0.717, 1.165) is 78.6 Å². The van der Waals surface area contributed by atoms with Gasteiger partial charge in [-0.15, -0.1) is 0 Å². The van der Waals surface area contributed by atoms with Crippen molar-refractivity contribution < 1.29 is 4.74 Å². The zero-order valence-electron chi connectivity index (χ0n) is 21.3. The van der Waals surface area contributed by atoms with Crippen LogP contribution in [-0.4, -0.2) is 45.8 Å². The van der Waals surface area contributed by atoms with Gasteiger partial charge >= 0.3 is 0 Å². The number of morpholine rings is 1. The van der Waals surface area contributed by atoms with E-state index in [4.69, 9.17) is 20.4 Å². The molecule has 7 nitrogen and oxygen atoms in total. The third kappa shape index (κ3) is 4.04. The van der Waals surface area contributed by atoms with Gasteiger partial charge in [-0.05, 0) is 73.4 Å². The van der Waals surface area contributed by atoms with Gasteiger partial charge in [0.15, 0.2) is 5.65 Å². The van der Waals surface area contributed by atoms with Crippen molar-refractivity contribution in [1.82, 2.24) is 19.5 Å². The van der Waals surface area contributed by atoms with Gasteiger partial charge in [0.05, 0.1) is 18.9 Å². The van der Waals surface area contributed by atoms with E-state index >= 15 is 0 Å². The standard InChI is InChI=1S/C31H30N6O/c32-31(13-2-14-31)24-5-7-25(8-6-24)37-29(22-11-15-33-16-12-22)35-28-10-9-27(34-30(28)37)23-3-1-4-26(21-23)36-17-19-38-20-18-36/h1,3-12,15-16,21H,2,13-14,17-20,32H2. The van der Waals surface area contributed by atoms with Crippen molar-refractivity contribution in [2.45, 2.75) is 24.8 Å². The first-order valence-corrected chi connectivity index (χ1v) is 13.3. The molecule has 4 heterocycles. The maximum Gasteiger partial charge on any atom is 0.165 e. The minimum absolute atomic E-state index is 0.194. The van der Waals surface area contributed by atoms with Gasteiger partial charge in [-0.1, -0.05) is 24.3 Å². The second-order valence-electron chi connectivity index (χ2n) is 10.3. The highest BCUT2D eigenvalue weighted by Crippen LogP contribution is 2.39. The van der Waals surface area contributed by atoms with Crippen molar-refractivity contribution in [3.05, 3.63) is 90.8 Å². The molecule has 38 heavy (non-hydrogen) atoms. The number of benzene rings is 2. The molecule has 190 valence electrons. The molecule has 0 radical (unpaired) electrons. The van der Waals surface area contributed by atoms with Crippen LogP contribution in [0.4, 0.5) is 5.69 Å². The molecule has 2 N–H and O–H groups in total. The first-order valence-electron chi connectivity index (χ1n) is 13.3. The second-order valence-corrected chi connectivity index (χ2v) is 10.3.